The molecule has 1 rings (SSSR count). The normalized spacial score (nSPS) is 13.3. The quantitative estimate of drug-likeness (QED) is 0.486. The largest absolute Gasteiger partial charge is 0.507 e. The van der Waals surface area contributed by atoms with Gasteiger partial charge in [-0.3, -0.25) is 4.79 Å². The summed E-state index contributed by atoms with van der Waals surface area (Å²) in [4.78, 5) is 12.1. The highest BCUT2D eigenvalue weighted by molar-refractivity contribution is 5.99. The Kier molecular flexibility index (Phi) is 4.38. The fraction of sp³-hybridized carbons (Fsp3) is 0.533. The van der Waals surface area contributed by atoms with Gasteiger partial charge >= 0.3 is 0 Å². The van der Waals surface area contributed by atoms with Crippen LogP contribution in [0.15, 0.2) is 18.2 Å². The van der Waals surface area contributed by atoms with E-state index < -0.39 is 0 Å². The van der Waals surface area contributed by atoms with Crippen molar-refractivity contribution in [3.05, 3.63) is 23.8 Å². The predicted octanol–water partition coefficient (Wildman–Crippen LogP) is 3.62. The highest BCUT2D eigenvalue weighted by atomic mass is 16.3. The minimum Gasteiger partial charge on any atom is -0.507 e. The van der Waals surface area contributed by atoms with E-state index in [4.69, 9.17) is 5.73 Å². The highest BCUT2D eigenvalue weighted by Gasteiger charge is 2.20. The first-order chi connectivity index (χ1) is 8.19. The number of aromatic hydroxyl groups is 1. The maximum absolute atomic E-state index is 12.1. The fourth-order valence-electron chi connectivity index (χ4n) is 2.32. The maximum Gasteiger partial charge on any atom is 0.166 e. The van der Waals surface area contributed by atoms with Crippen molar-refractivity contribution in [3.8, 4) is 5.75 Å². The van der Waals surface area contributed by atoms with Crippen LogP contribution >= 0.6 is 0 Å². The van der Waals surface area contributed by atoms with Gasteiger partial charge in [-0.05, 0) is 36.0 Å². The first-order valence-corrected chi connectivity index (χ1v) is 6.31. The zero-order valence-corrected chi connectivity index (χ0v) is 11.7. The molecule has 1 aromatic rings. The number of rotatable bonds is 4. The summed E-state index contributed by atoms with van der Waals surface area (Å²) in [6, 6.07) is 4.60. The van der Waals surface area contributed by atoms with Crippen LogP contribution in [0.3, 0.4) is 0 Å². The number of phenolic OH excluding ortho intramolecular Hbond substituents is 1. The van der Waals surface area contributed by atoms with Crippen LogP contribution in [-0.2, 0) is 0 Å². The summed E-state index contributed by atoms with van der Waals surface area (Å²) in [7, 11) is 0. The average Bonchev–Trinajstić information content (AvgIpc) is 2.18. The number of carbonyl (C=O) groups excluding carboxylic acids is 1. The number of anilines is 1. The van der Waals surface area contributed by atoms with Crippen LogP contribution in [0.5, 0.6) is 5.75 Å². The van der Waals surface area contributed by atoms with Crippen molar-refractivity contribution in [1.29, 1.82) is 0 Å². The molecule has 0 aliphatic rings. The van der Waals surface area contributed by atoms with Crippen molar-refractivity contribution >= 4 is 11.5 Å². The van der Waals surface area contributed by atoms with E-state index >= 15 is 0 Å². The Morgan fingerprint density at radius 2 is 2.00 bits per heavy atom. The number of Topliss-reactive ketones (excluding diaryl/α,β-unsaturated/α-hetero) is 1. The lowest BCUT2D eigenvalue weighted by Gasteiger charge is -2.22. The molecule has 3 N–H and O–H groups in total. The van der Waals surface area contributed by atoms with Crippen LogP contribution in [0.25, 0.3) is 0 Å². The molecule has 0 bridgehead atoms. The summed E-state index contributed by atoms with van der Waals surface area (Å²) in [6.45, 7) is 8.54. The van der Waals surface area contributed by atoms with Crippen LogP contribution in [0.4, 0.5) is 5.69 Å². The second kappa shape index (κ2) is 5.42. The summed E-state index contributed by atoms with van der Waals surface area (Å²) >= 11 is 0. The van der Waals surface area contributed by atoms with Crippen LogP contribution in [0.2, 0.25) is 0 Å². The molecule has 1 aromatic carbocycles. The molecule has 3 nitrogen and oxygen atoms in total. The summed E-state index contributed by atoms with van der Waals surface area (Å²) in [5, 5.41) is 9.67. The smallest absolute Gasteiger partial charge is 0.166 e. The second-order valence-corrected chi connectivity index (χ2v) is 6.27. The zero-order valence-electron chi connectivity index (χ0n) is 11.7. The number of phenols is 1. The average molecular weight is 249 g/mol. The van der Waals surface area contributed by atoms with Crippen LogP contribution in [0, 0.1) is 11.3 Å². The van der Waals surface area contributed by atoms with E-state index in [0.29, 0.717) is 23.6 Å². The van der Waals surface area contributed by atoms with Gasteiger partial charge in [-0.15, -0.1) is 0 Å². The van der Waals surface area contributed by atoms with Crippen LogP contribution in [-0.4, -0.2) is 10.9 Å². The lowest BCUT2D eigenvalue weighted by molar-refractivity contribution is 0.0952. The molecule has 0 radical (unpaired) electrons. The SMILES string of the molecule is CC(CC(=O)c1cc(N)ccc1O)CC(C)(C)C. The van der Waals surface area contributed by atoms with Gasteiger partial charge < -0.3 is 10.8 Å². The second-order valence-electron chi connectivity index (χ2n) is 6.27. The predicted molar refractivity (Wildman–Crippen MR) is 74.7 cm³/mol. The third kappa shape index (κ3) is 4.40. The van der Waals surface area contributed by atoms with Gasteiger partial charge in [0.25, 0.3) is 0 Å². The molecule has 3 heteroatoms. The molecule has 1 atom stereocenters. The number of carbonyl (C=O) groups is 1. The van der Waals surface area contributed by atoms with Crippen LogP contribution < -0.4 is 5.73 Å². The molecule has 0 aromatic heterocycles. The first kappa shape index (κ1) is 14.6. The Balaban J connectivity index is 2.74. The summed E-state index contributed by atoms with van der Waals surface area (Å²) in [5.41, 5.74) is 6.67. The highest BCUT2D eigenvalue weighted by Crippen LogP contribution is 2.28. The van der Waals surface area contributed by atoms with Crippen LogP contribution in [0.1, 0.15) is 50.9 Å². The lowest BCUT2D eigenvalue weighted by Crippen LogP contribution is -2.14. The van der Waals surface area contributed by atoms with E-state index in [1.54, 1.807) is 12.1 Å². The van der Waals surface area contributed by atoms with Crippen molar-refractivity contribution in [2.24, 2.45) is 11.3 Å². The monoisotopic (exact) mass is 249 g/mol. The molecular weight excluding hydrogens is 226 g/mol. The van der Waals surface area contributed by atoms with Gasteiger partial charge in [-0.1, -0.05) is 27.7 Å². The molecular formula is C15H23NO2. The van der Waals surface area contributed by atoms with E-state index in [1.165, 1.54) is 6.07 Å². The van der Waals surface area contributed by atoms with Gasteiger partial charge in [0, 0.05) is 12.1 Å². The summed E-state index contributed by atoms with van der Waals surface area (Å²) in [5.74, 6) is 0.257. The molecule has 18 heavy (non-hydrogen) atoms. The Morgan fingerprint density at radius 1 is 1.39 bits per heavy atom. The third-order valence-corrected chi connectivity index (χ3v) is 2.82. The molecule has 0 spiro atoms. The molecule has 0 fully saturated rings. The van der Waals surface area contributed by atoms with Gasteiger partial charge in [0.05, 0.1) is 5.56 Å². The van der Waals surface area contributed by atoms with E-state index in [9.17, 15) is 9.90 Å². The van der Waals surface area contributed by atoms with Crippen molar-refractivity contribution in [3.63, 3.8) is 0 Å². The standard InChI is InChI=1S/C15H23NO2/c1-10(9-15(2,3)4)7-14(18)12-8-11(16)5-6-13(12)17/h5-6,8,10,17H,7,9,16H2,1-4H3. The number of hydrogen-bond donors (Lipinski definition) is 2. The van der Waals surface area contributed by atoms with Crippen molar-refractivity contribution < 1.29 is 9.90 Å². The van der Waals surface area contributed by atoms with Crippen molar-refractivity contribution in [2.75, 3.05) is 5.73 Å². The molecule has 0 amide bonds. The molecule has 0 heterocycles. The van der Waals surface area contributed by atoms with Gasteiger partial charge in [0.2, 0.25) is 0 Å². The minimum absolute atomic E-state index is 0.0113. The van der Waals surface area contributed by atoms with Gasteiger partial charge in [-0.25, -0.2) is 0 Å². The number of benzene rings is 1. The summed E-state index contributed by atoms with van der Waals surface area (Å²) in [6.07, 6.45) is 1.41. The van der Waals surface area contributed by atoms with E-state index in [-0.39, 0.29) is 16.9 Å². The minimum atomic E-state index is -0.0449. The molecule has 100 valence electrons. The number of hydrogen-bond acceptors (Lipinski definition) is 3. The van der Waals surface area contributed by atoms with Crippen molar-refractivity contribution in [1.82, 2.24) is 0 Å². The molecule has 0 saturated heterocycles. The Bertz CT molecular complexity index is 433. The first-order valence-electron chi connectivity index (χ1n) is 6.31. The van der Waals surface area contributed by atoms with Gasteiger partial charge in [-0.2, -0.15) is 0 Å². The van der Waals surface area contributed by atoms with E-state index in [0.717, 1.165) is 6.42 Å². The number of nitrogen functional groups attached to an aromatic ring is 1. The lowest BCUT2D eigenvalue weighted by atomic mass is 9.83. The topological polar surface area (TPSA) is 63.3 Å². The summed E-state index contributed by atoms with van der Waals surface area (Å²) < 4.78 is 0. The van der Waals surface area contributed by atoms with E-state index in [1.807, 2.05) is 0 Å². The molecule has 1 unspecified atom stereocenters. The Hall–Kier alpha value is -1.51. The fourth-order valence-corrected chi connectivity index (χ4v) is 2.32. The number of ketones is 1. The molecule has 0 saturated carbocycles. The zero-order chi connectivity index (χ0) is 13.9. The van der Waals surface area contributed by atoms with Crippen molar-refractivity contribution in [2.45, 2.75) is 40.5 Å². The maximum atomic E-state index is 12.1. The Labute approximate surface area is 109 Å². The van der Waals surface area contributed by atoms with Gasteiger partial charge in [0.1, 0.15) is 5.75 Å². The Morgan fingerprint density at radius 3 is 2.56 bits per heavy atom. The third-order valence-electron chi connectivity index (χ3n) is 2.82. The molecule has 0 aliphatic carbocycles. The number of nitrogens with two attached hydrogens (primary N) is 1. The van der Waals surface area contributed by atoms with E-state index in [2.05, 4.69) is 27.7 Å². The molecule has 0 aliphatic heterocycles. The van der Waals surface area contributed by atoms with Gasteiger partial charge in [0.15, 0.2) is 5.78 Å².